The second-order valence-corrected chi connectivity index (χ2v) is 8.86. The number of piperidine rings is 1. The van der Waals surface area contributed by atoms with Gasteiger partial charge < -0.3 is 19.3 Å². The van der Waals surface area contributed by atoms with Gasteiger partial charge in [0.05, 0.1) is 6.10 Å². The van der Waals surface area contributed by atoms with E-state index in [-0.39, 0.29) is 5.60 Å². The van der Waals surface area contributed by atoms with Crippen LogP contribution in [0.25, 0.3) is 11.6 Å². The van der Waals surface area contributed by atoms with Gasteiger partial charge in [-0.3, -0.25) is 4.98 Å². The number of fused-ring (bicyclic) bond motifs is 1. The molecule has 4 aromatic rings. The number of aliphatic hydroxyl groups is 1. The zero-order chi connectivity index (χ0) is 23.0. The molecule has 34 heavy (non-hydrogen) atoms. The molecule has 2 aliphatic rings. The van der Waals surface area contributed by atoms with Crippen LogP contribution in [0.3, 0.4) is 0 Å². The average molecular weight is 457 g/mol. The number of aliphatic hydroxyl groups excluding tert-OH is 1. The van der Waals surface area contributed by atoms with Crippen molar-refractivity contribution in [2.24, 2.45) is 0 Å². The van der Waals surface area contributed by atoms with Crippen LogP contribution in [0.2, 0.25) is 0 Å². The Morgan fingerprint density at radius 1 is 1.03 bits per heavy atom. The molecule has 1 saturated heterocycles. The third-order valence-corrected chi connectivity index (χ3v) is 6.59. The Balaban J connectivity index is 1.11. The van der Waals surface area contributed by atoms with Crippen LogP contribution in [0.1, 0.15) is 42.3 Å². The van der Waals surface area contributed by atoms with Gasteiger partial charge in [0.25, 0.3) is 5.89 Å². The molecule has 172 valence electrons. The normalized spacial score (nSPS) is 19.0. The van der Waals surface area contributed by atoms with Gasteiger partial charge in [0.2, 0.25) is 0 Å². The summed E-state index contributed by atoms with van der Waals surface area (Å²) in [7, 11) is 0. The summed E-state index contributed by atoms with van der Waals surface area (Å²) in [5, 5.41) is 23.4. The van der Waals surface area contributed by atoms with Gasteiger partial charge in [0, 0.05) is 56.7 Å². The number of para-hydroxylation sites is 1. The van der Waals surface area contributed by atoms with E-state index in [1.165, 1.54) is 0 Å². The summed E-state index contributed by atoms with van der Waals surface area (Å²) in [5.74, 6) is 2.51. The highest BCUT2D eigenvalue weighted by Crippen LogP contribution is 2.44. The molecule has 1 fully saturated rings. The summed E-state index contributed by atoms with van der Waals surface area (Å²) < 4.78 is 11.8. The first kappa shape index (κ1) is 20.7. The number of rotatable bonds is 4. The molecule has 2 aliphatic heterocycles. The molecule has 0 aliphatic carbocycles. The third kappa shape index (κ3) is 3.99. The number of aromatic nitrogens is 5. The minimum Gasteiger partial charge on any atom is -0.487 e. The maximum Gasteiger partial charge on any atom is 0.278 e. The van der Waals surface area contributed by atoms with Gasteiger partial charge in [-0.25, -0.2) is 0 Å². The zero-order valence-corrected chi connectivity index (χ0v) is 18.5. The van der Waals surface area contributed by atoms with E-state index in [1.807, 2.05) is 48.5 Å². The number of benzene rings is 1. The Labute approximate surface area is 196 Å². The predicted molar refractivity (Wildman–Crippen MR) is 123 cm³/mol. The maximum absolute atomic E-state index is 10.6. The Hall–Kier alpha value is -3.85. The second-order valence-electron chi connectivity index (χ2n) is 8.86. The lowest BCUT2D eigenvalue weighted by molar-refractivity contribution is -0.0300. The lowest BCUT2D eigenvalue weighted by Gasteiger charge is -2.46. The van der Waals surface area contributed by atoms with Gasteiger partial charge in [0.1, 0.15) is 11.4 Å². The zero-order valence-electron chi connectivity index (χ0n) is 18.5. The van der Waals surface area contributed by atoms with E-state index in [0.29, 0.717) is 30.3 Å². The number of pyridine rings is 1. The first-order valence-corrected chi connectivity index (χ1v) is 11.4. The summed E-state index contributed by atoms with van der Waals surface area (Å²) >= 11 is 0. The van der Waals surface area contributed by atoms with Crippen molar-refractivity contribution in [3.8, 4) is 17.3 Å². The van der Waals surface area contributed by atoms with Crippen molar-refractivity contribution < 1.29 is 14.4 Å². The molecule has 0 amide bonds. The van der Waals surface area contributed by atoms with Gasteiger partial charge in [-0.2, -0.15) is 4.98 Å². The lowest BCUT2D eigenvalue weighted by atomic mass is 9.81. The molecule has 1 N–H and O–H groups in total. The van der Waals surface area contributed by atoms with Gasteiger partial charge in [-0.15, -0.1) is 10.2 Å². The first-order chi connectivity index (χ1) is 16.7. The monoisotopic (exact) mass is 456 g/mol. The van der Waals surface area contributed by atoms with Crippen LogP contribution in [0, 0.1) is 0 Å². The molecule has 1 spiro atoms. The average Bonchev–Trinajstić information content (AvgIpc) is 3.34. The molecular weight excluding hydrogens is 432 g/mol. The van der Waals surface area contributed by atoms with E-state index in [0.717, 1.165) is 48.6 Å². The number of nitrogens with zero attached hydrogens (tertiary/aromatic N) is 6. The van der Waals surface area contributed by atoms with Crippen LogP contribution < -0.4 is 9.64 Å². The molecule has 0 radical (unpaired) electrons. The molecule has 0 bridgehead atoms. The van der Waals surface area contributed by atoms with Gasteiger partial charge in [-0.05, 0) is 29.8 Å². The maximum atomic E-state index is 10.6. The SMILES string of the molecule is OC1CC2(CCN(c3ccc(-c4nc(Cc5cccnc5)no4)nn3)CC2)Oc2ccccc21. The molecule has 3 aromatic heterocycles. The predicted octanol–water partition coefficient (Wildman–Crippen LogP) is 3.37. The Bertz CT molecular complexity index is 1270. The van der Waals surface area contributed by atoms with Crippen molar-refractivity contribution >= 4 is 5.82 Å². The quantitative estimate of drug-likeness (QED) is 0.494. The van der Waals surface area contributed by atoms with E-state index < -0.39 is 6.10 Å². The summed E-state index contributed by atoms with van der Waals surface area (Å²) in [5.41, 5.74) is 2.09. The summed E-state index contributed by atoms with van der Waals surface area (Å²) in [6, 6.07) is 15.4. The third-order valence-electron chi connectivity index (χ3n) is 6.59. The van der Waals surface area contributed by atoms with Crippen molar-refractivity contribution in [2.75, 3.05) is 18.0 Å². The fourth-order valence-electron chi connectivity index (χ4n) is 4.76. The smallest absolute Gasteiger partial charge is 0.278 e. The lowest BCUT2D eigenvalue weighted by Crippen LogP contribution is -2.50. The molecule has 9 nitrogen and oxygen atoms in total. The standard InChI is InChI=1S/C25H24N6O3/c32-20-15-25(33-21-6-2-1-5-18(20)21)9-12-31(13-10-25)23-8-7-19(28-29-23)24-27-22(30-34-24)14-17-4-3-11-26-16-17/h1-8,11,16,20,32H,9-10,12-15H2. The van der Waals surface area contributed by atoms with Crippen LogP contribution in [0.15, 0.2) is 65.4 Å². The highest BCUT2D eigenvalue weighted by Gasteiger charge is 2.43. The van der Waals surface area contributed by atoms with Crippen LogP contribution in [-0.2, 0) is 6.42 Å². The topological polar surface area (TPSA) is 110 Å². The minimum atomic E-state index is -0.493. The molecule has 0 saturated carbocycles. The molecule has 6 rings (SSSR count). The Morgan fingerprint density at radius 2 is 1.91 bits per heavy atom. The van der Waals surface area contributed by atoms with Crippen LogP contribution in [-0.4, -0.2) is 49.1 Å². The highest BCUT2D eigenvalue weighted by atomic mass is 16.5. The second kappa shape index (κ2) is 8.49. The van der Waals surface area contributed by atoms with E-state index in [2.05, 4.69) is 30.2 Å². The van der Waals surface area contributed by atoms with Crippen molar-refractivity contribution in [3.05, 3.63) is 77.9 Å². The number of anilines is 1. The van der Waals surface area contributed by atoms with Crippen LogP contribution in [0.4, 0.5) is 5.82 Å². The Kier molecular flexibility index (Phi) is 5.18. The van der Waals surface area contributed by atoms with Gasteiger partial charge in [0.15, 0.2) is 17.3 Å². The van der Waals surface area contributed by atoms with Crippen LogP contribution in [0.5, 0.6) is 5.75 Å². The Morgan fingerprint density at radius 3 is 2.71 bits per heavy atom. The molecule has 1 atom stereocenters. The van der Waals surface area contributed by atoms with E-state index >= 15 is 0 Å². The minimum absolute atomic E-state index is 0.341. The van der Waals surface area contributed by atoms with Gasteiger partial charge >= 0.3 is 0 Å². The summed E-state index contributed by atoms with van der Waals surface area (Å²) in [4.78, 5) is 10.7. The first-order valence-electron chi connectivity index (χ1n) is 11.4. The fourth-order valence-corrected chi connectivity index (χ4v) is 4.76. The largest absolute Gasteiger partial charge is 0.487 e. The van der Waals surface area contributed by atoms with E-state index in [4.69, 9.17) is 9.26 Å². The molecular formula is C25H24N6O3. The van der Waals surface area contributed by atoms with Crippen LogP contribution >= 0.6 is 0 Å². The molecule has 9 heteroatoms. The highest BCUT2D eigenvalue weighted by molar-refractivity contribution is 5.50. The van der Waals surface area contributed by atoms with Gasteiger partial charge in [-0.1, -0.05) is 29.4 Å². The van der Waals surface area contributed by atoms with E-state index in [1.54, 1.807) is 12.4 Å². The number of hydrogen-bond donors (Lipinski definition) is 1. The van der Waals surface area contributed by atoms with Crippen molar-refractivity contribution in [1.29, 1.82) is 0 Å². The molecule has 1 unspecified atom stereocenters. The van der Waals surface area contributed by atoms with Crippen molar-refractivity contribution in [3.63, 3.8) is 0 Å². The van der Waals surface area contributed by atoms with E-state index in [9.17, 15) is 5.11 Å². The number of hydrogen-bond acceptors (Lipinski definition) is 9. The molecule has 5 heterocycles. The van der Waals surface area contributed by atoms with Crippen molar-refractivity contribution in [1.82, 2.24) is 25.3 Å². The van der Waals surface area contributed by atoms with Crippen molar-refractivity contribution in [2.45, 2.75) is 37.4 Å². The fraction of sp³-hybridized carbons (Fsp3) is 0.320. The summed E-state index contributed by atoms with van der Waals surface area (Å²) in [6.07, 6.45) is 5.79. The number of ether oxygens (including phenoxy) is 1. The molecule has 1 aromatic carbocycles. The summed E-state index contributed by atoms with van der Waals surface area (Å²) in [6.45, 7) is 1.55.